The lowest BCUT2D eigenvalue weighted by atomic mass is 9.91. The third-order valence-corrected chi connectivity index (χ3v) is 3.31. The summed E-state index contributed by atoms with van der Waals surface area (Å²) >= 11 is 6.05. The van der Waals surface area contributed by atoms with E-state index in [1.165, 1.54) is 18.4 Å². The quantitative estimate of drug-likeness (QED) is 0.682. The number of nitrogens with one attached hydrogen (secondary N) is 1. The van der Waals surface area contributed by atoms with Gasteiger partial charge in [0.1, 0.15) is 0 Å². The van der Waals surface area contributed by atoms with Gasteiger partial charge in [0.2, 0.25) is 0 Å². The summed E-state index contributed by atoms with van der Waals surface area (Å²) in [6, 6.07) is 8.26. The van der Waals surface area contributed by atoms with Gasteiger partial charge in [-0.05, 0) is 61.9 Å². The van der Waals surface area contributed by atoms with Gasteiger partial charge in [-0.25, -0.2) is 0 Å². The first-order valence-corrected chi connectivity index (χ1v) is 7.44. The van der Waals surface area contributed by atoms with Crippen molar-refractivity contribution in [1.29, 1.82) is 0 Å². The molecular weight excluding hydrogens is 242 g/mol. The molecular formula is C16H26ClN. The van der Waals surface area contributed by atoms with Crippen molar-refractivity contribution in [3.8, 4) is 0 Å². The van der Waals surface area contributed by atoms with E-state index in [1.807, 2.05) is 12.1 Å². The number of halogens is 1. The molecule has 2 heteroatoms. The Kier molecular flexibility index (Phi) is 7.38. The average Bonchev–Trinajstić information content (AvgIpc) is 2.28. The maximum atomic E-state index is 6.05. The van der Waals surface area contributed by atoms with Crippen molar-refractivity contribution in [3.05, 3.63) is 34.9 Å². The van der Waals surface area contributed by atoms with Crippen molar-refractivity contribution in [3.63, 3.8) is 0 Å². The van der Waals surface area contributed by atoms with E-state index in [9.17, 15) is 0 Å². The lowest BCUT2D eigenvalue weighted by molar-refractivity contribution is 0.385. The van der Waals surface area contributed by atoms with Gasteiger partial charge in [-0.2, -0.15) is 0 Å². The van der Waals surface area contributed by atoms with E-state index in [1.54, 1.807) is 0 Å². The highest BCUT2D eigenvalue weighted by Crippen LogP contribution is 2.19. The normalized spacial score (nSPS) is 12.9. The Morgan fingerprint density at radius 2 is 2.06 bits per heavy atom. The second-order valence-electron chi connectivity index (χ2n) is 5.53. The molecule has 0 heterocycles. The van der Waals surface area contributed by atoms with Gasteiger partial charge in [0.05, 0.1) is 0 Å². The Morgan fingerprint density at radius 1 is 1.28 bits per heavy atom. The smallest absolute Gasteiger partial charge is 0.0408 e. The van der Waals surface area contributed by atoms with Gasteiger partial charge in [0.25, 0.3) is 0 Å². The first-order chi connectivity index (χ1) is 8.61. The molecule has 0 aliphatic carbocycles. The summed E-state index contributed by atoms with van der Waals surface area (Å²) in [6.45, 7) is 9.03. The summed E-state index contributed by atoms with van der Waals surface area (Å²) < 4.78 is 0. The summed E-state index contributed by atoms with van der Waals surface area (Å²) in [5.41, 5.74) is 1.35. The van der Waals surface area contributed by atoms with Gasteiger partial charge >= 0.3 is 0 Å². The highest BCUT2D eigenvalue weighted by molar-refractivity contribution is 6.30. The van der Waals surface area contributed by atoms with E-state index in [4.69, 9.17) is 11.6 Å². The summed E-state index contributed by atoms with van der Waals surface area (Å²) in [6.07, 6.45) is 3.59. The van der Waals surface area contributed by atoms with Crippen LogP contribution in [-0.2, 0) is 6.42 Å². The largest absolute Gasteiger partial charge is 0.316 e. The molecule has 0 aromatic heterocycles. The monoisotopic (exact) mass is 267 g/mol. The zero-order valence-corrected chi connectivity index (χ0v) is 12.6. The van der Waals surface area contributed by atoms with Gasteiger partial charge in [-0.3, -0.25) is 0 Å². The molecule has 102 valence electrons. The maximum Gasteiger partial charge on any atom is 0.0408 e. The first-order valence-electron chi connectivity index (χ1n) is 7.07. The highest BCUT2D eigenvalue weighted by Gasteiger charge is 2.11. The second kappa shape index (κ2) is 8.55. The SMILES string of the molecule is CCCNCC(Cc1cccc(Cl)c1)CC(C)C. The minimum Gasteiger partial charge on any atom is -0.316 e. The number of rotatable bonds is 8. The lowest BCUT2D eigenvalue weighted by Crippen LogP contribution is -2.26. The molecule has 0 aliphatic rings. The standard InChI is InChI=1S/C16H26ClN/c1-4-8-18-12-15(9-13(2)3)10-14-6-5-7-16(17)11-14/h5-7,11,13,15,18H,4,8-10,12H2,1-3H3. The van der Waals surface area contributed by atoms with Crippen molar-refractivity contribution in [2.75, 3.05) is 13.1 Å². The fourth-order valence-electron chi connectivity index (χ4n) is 2.39. The predicted molar refractivity (Wildman–Crippen MR) is 81.3 cm³/mol. The average molecular weight is 268 g/mol. The number of hydrogen-bond donors (Lipinski definition) is 1. The van der Waals surface area contributed by atoms with Crippen molar-refractivity contribution in [1.82, 2.24) is 5.32 Å². The van der Waals surface area contributed by atoms with Gasteiger partial charge in [-0.15, -0.1) is 0 Å². The summed E-state index contributed by atoms with van der Waals surface area (Å²) in [4.78, 5) is 0. The summed E-state index contributed by atoms with van der Waals surface area (Å²) in [7, 11) is 0. The number of benzene rings is 1. The molecule has 1 nitrogen and oxygen atoms in total. The van der Waals surface area contributed by atoms with Crippen LogP contribution in [0.3, 0.4) is 0 Å². The van der Waals surface area contributed by atoms with Gasteiger partial charge < -0.3 is 5.32 Å². The van der Waals surface area contributed by atoms with Crippen molar-refractivity contribution >= 4 is 11.6 Å². The Bertz CT molecular complexity index is 336. The third kappa shape index (κ3) is 6.42. The van der Waals surface area contributed by atoms with Crippen LogP contribution in [-0.4, -0.2) is 13.1 Å². The molecule has 0 amide bonds. The Labute approximate surface area is 117 Å². The van der Waals surface area contributed by atoms with Crippen molar-refractivity contribution in [2.45, 2.75) is 40.0 Å². The molecule has 1 N–H and O–H groups in total. The van der Waals surface area contributed by atoms with Crippen LogP contribution in [0.25, 0.3) is 0 Å². The Morgan fingerprint density at radius 3 is 2.67 bits per heavy atom. The zero-order valence-electron chi connectivity index (χ0n) is 11.9. The van der Waals surface area contributed by atoms with Crippen LogP contribution in [0.4, 0.5) is 0 Å². The topological polar surface area (TPSA) is 12.0 Å². The molecule has 0 saturated heterocycles. The van der Waals surface area contributed by atoms with Gasteiger partial charge in [0.15, 0.2) is 0 Å². The fraction of sp³-hybridized carbons (Fsp3) is 0.625. The van der Waals surface area contributed by atoms with Crippen LogP contribution < -0.4 is 5.32 Å². The summed E-state index contributed by atoms with van der Waals surface area (Å²) in [5.74, 6) is 1.45. The van der Waals surface area contributed by atoms with Crippen LogP contribution in [0.5, 0.6) is 0 Å². The lowest BCUT2D eigenvalue weighted by Gasteiger charge is -2.20. The minimum absolute atomic E-state index is 0.704. The molecule has 0 bridgehead atoms. The zero-order chi connectivity index (χ0) is 13.4. The minimum atomic E-state index is 0.704. The van der Waals surface area contributed by atoms with Crippen molar-refractivity contribution in [2.24, 2.45) is 11.8 Å². The molecule has 1 rings (SSSR count). The Hall–Kier alpha value is -0.530. The Balaban J connectivity index is 2.53. The van der Waals surface area contributed by atoms with Gasteiger partial charge in [-0.1, -0.05) is 44.5 Å². The van der Waals surface area contributed by atoms with E-state index in [0.29, 0.717) is 5.92 Å². The molecule has 1 aromatic rings. The van der Waals surface area contributed by atoms with E-state index in [-0.39, 0.29) is 0 Å². The van der Waals surface area contributed by atoms with Crippen LogP contribution in [0.1, 0.15) is 39.2 Å². The van der Waals surface area contributed by atoms with E-state index in [0.717, 1.165) is 30.5 Å². The maximum absolute atomic E-state index is 6.05. The third-order valence-electron chi connectivity index (χ3n) is 3.08. The molecule has 1 aromatic carbocycles. The number of hydrogen-bond acceptors (Lipinski definition) is 1. The molecule has 0 radical (unpaired) electrons. The molecule has 0 saturated carbocycles. The predicted octanol–water partition coefficient (Wildman–Crippen LogP) is 4.54. The van der Waals surface area contributed by atoms with E-state index >= 15 is 0 Å². The second-order valence-corrected chi connectivity index (χ2v) is 5.97. The van der Waals surface area contributed by atoms with E-state index < -0.39 is 0 Å². The van der Waals surface area contributed by atoms with Crippen LogP contribution in [0.15, 0.2) is 24.3 Å². The van der Waals surface area contributed by atoms with Crippen LogP contribution >= 0.6 is 11.6 Å². The molecule has 1 unspecified atom stereocenters. The summed E-state index contributed by atoms with van der Waals surface area (Å²) in [5, 5.41) is 4.39. The molecule has 18 heavy (non-hydrogen) atoms. The molecule has 0 fully saturated rings. The molecule has 1 atom stereocenters. The highest BCUT2D eigenvalue weighted by atomic mass is 35.5. The van der Waals surface area contributed by atoms with Crippen molar-refractivity contribution < 1.29 is 0 Å². The molecule has 0 spiro atoms. The van der Waals surface area contributed by atoms with Gasteiger partial charge in [0, 0.05) is 5.02 Å². The first kappa shape index (κ1) is 15.5. The van der Waals surface area contributed by atoms with Crippen LogP contribution in [0, 0.1) is 11.8 Å². The fourth-order valence-corrected chi connectivity index (χ4v) is 2.60. The van der Waals surface area contributed by atoms with Crippen LogP contribution in [0.2, 0.25) is 5.02 Å². The van der Waals surface area contributed by atoms with E-state index in [2.05, 4.69) is 38.2 Å². The molecule has 0 aliphatic heterocycles.